The zero-order valence-corrected chi connectivity index (χ0v) is 8.74. The van der Waals surface area contributed by atoms with Crippen molar-refractivity contribution in [3.8, 4) is 11.1 Å². The highest BCUT2D eigenvalue weighted by molar-refractivity contribution is 7.45. The molecule has 0 nitrogen and oxygen atoms in total. The fraction of sp³-hybridized carbons (Fsp3) is 0. The molecule has 68 valence electrons. The molecule has 0 spiro atoms. The summed E-state index contributed by atoms with van der Waals surface area (Å²) in [6.07, 6.45) is 3.86. The molecule has 0 heterocycles. The molecule has 0 bridgehead atoms. The molecule has 0 unspecified atom stereocenters. The Morgan fingerprint density at radius 2 is 1.50 bits per heavy atom. The second-order valence-corrected chi connectivity index (χ2v) is 3.91. The summed E-state index contributed by atoms with van der Waals surface area (Å²) in [6.45, 7) is 0. The van der Waals surface area contributed by atoms with E-state index in [9.17, 15) is 0 Å². The molecule has 0 atom stereocenters. The monoisotopic (exact) mass is 198 g/mol. The van der Waals surface area contributed by atoms with Crippen molar-refractivity contribution >= 4 is 19.8 Å². The Morgan fingerprint density at radius 1 is 0.786 bits per heavy atom. The fourth-order valence-electron chi connectivity index (χ4n) is 1.41. The van der Waals surface area contributed by atoms with Crippen molar-refractivity contribution in [2.24, 2.45) is 0 Å². The molecule has 2 aromatic rings. The van der Waals surface area contributed by atoms with Crippen LogP contribution in [-0.2, 0) is 0 Å². The minimum atomic E-state index is 1.07. The highest BCUT2D eigenvalue weighted by Crippen LogP contribution is 2.17. The van der Waals surface area contributed by atoms with E-state index in [4.69, 9.17) is 0 Å². The van der Waals surface area contributed by atoms with Crippen LogP contribution in [0.1, 0.15) is 0 Å². The summed E-state index contributed by atoms with van der Waals surface area (Å²) in [6, 6.07) is 18.9. The van der Waals surface area contributed by atoms with E-state index in [1.165, 1.54) is 16.4 Å². The van der Waals surface area contributed by atoms with Crippen molar-refractivity contribution in [2.75, 3.05) is 0 Å². The molecule has 0 N–H and O–H groups in total. The molecule has 0 aliphatic heterocycles. The quantitative estimate of drug-likeness (QED) is 0.649. The van der Waals surface area contributed by atoms with Gasteiger partial charge in [0.2, 0.25) is 0 Å². The molecule has 0 aliphatic rings. The highest BCUT2D eigenvalue weighted by Gasteiger charge is 1.95. The molecule has 0 saturated carbocycles. The van der Waals surface area contributed by atoms with Gasteiger partial charge in [0, 0.05) is 5.30 Å². The largest absolute Gasteiger partial charge is 0.0764 e. The predicted octanol–water partition coefficient (Wildman–Crippen LogP) is 3.36. The summed E-state index contributed by atoms with van der Waals surface area (Å²) >= 11 is 0. The molecule has 2 aromatic carbocycles. The SMILES string of the molecule is C=Pc1cccc(-c2ccccc2)c1. The number of benzene rings is 2. The number of hydrogen-bond donors (Lipinski definition) is 0. The summed E-state index contributed by atoms with van der Waals surface area (Å²) in [4.78, 5) is 0. The van der Waals surface area contributed by atoms with Crippen molar-refractivity contribution in [1.29, 1.82) is 0 Å². The molecule has 14 heavy (non-hydrogen) atoms. The van der Waals surface area contributed by atoms with Gasteiger partial charge in [0.1, 0.15) is 0 Å². The van der Waals surface area contributed by atoms with Gasteiger partial charge >= 0.3 is 0 Å². The van der Waals surface area contributed by atoms with Gasteiger partial charge in [-0.2, -0.15) is 0 Å². The van der Waals surface area contributed by atoms with Gasteiger partial charge in [-0.25, -0.2) is 0 Å². The van der Waals surface area contributed by atoms with Crippen LogP contribution in [0.2, 0.25) is 0 Å². The number of rotatable bonds is 2. The Kier molecular flexibility index (Phi) is 2.76. The molecule has 0 saturated heterocycles. The zero-order valence-electron chi connectivity index (χ0n) is 7.85. The van der Waals surface area contributed by atoms with Crippen LogP contribution in [0.3, 0.4) is 0 Å². The van der Waals surface area contributed by atoms with Crippen LogP contribution in [0, 0.1) is 0 Å². The van der Waals surface area contributed by atoms with E-state index in [-0.39, 0.29) is 0 Å². The first-order valence-corrected chi connectivity index (χ1v) is 5.60. The summed E-state index contributed by atoms with van der Waals surface area (Å²) in [5, 5.41) is 1.26. The van der Waals surface area contributed by atoms with Crippen LogP contribution in [0.5, 0.6) is 0 Å². The maximum Gasteiger partial charge on any atom is 0.00182 e. The Balaban J connectivity index is 2.47. The summed E-state index contributed by atoms with van der Waals surface area (Å²) in [5.41, 5.74) is 2.53. The zero-order chi connectivity index (χ0) is 9.80. The molecular weight excluding hydrogens is 187 g/mol. The van der Waals surface area contributed by atoms with Gasteiger partial charge in [0.05, 0.1) is 0 Å². The van der Waals surface area contributed by atoms with Crippen LogP contribution in [0.4, 0.5) is 0 Å². The van der Waals surface area contributed by atoms with Gasteiger partial charge in [0.25, 0.3) is 0 Å². The average molecular weight is 198 g/mol. The van der Waals surface area contributed by atoms with E-state index >= 15 is 0 Å². The van der Waals surface area contributed by atoms with Crippen LogP contribution in [0.25, 0.3) is 11.1 Å². The lowest BCUT2D eigenvalue weighted by Gasteiger charge is -2.01. The van der Waals surface area contributed by atoms with Gasteiger partial charge in [0.15, 0.2) is 0 Å². The summed E-state index contributed by atoms with van der Waals surface area (Å²) in [7, 11) is 1.07. The van der Waals surface area contributed by atoms with Crippen molar-refractivity contribution in [3.63, 3.8) is 0 Å². The van der Waals surface area contributed by atoms with Crippen molar-refractivity contribution in [2.45, 2.75) is 0 Å². The van der Waals surface area contributed by atoms with Crippen molar-refractivity contribution in [3.05, 3.63) is 54.6 Å². The molecule has 0 radical (unpaired) electrons. The minimum Gasteiger partial charge on any atom is -0.0764 e. The Labute approximate surface area is 86.0 Å². The molecule has 0 aromatic heterocycles. The van der Waals surface area contributed by atoms with Crippen LogP contribution >= 0.6 is 8.20 Å². The van der Waals surface area contributed by atoms with E-state index < -0.39 is 0 Å². The van der Waals surface area contributed by atoms with E-state index in [2.05, 4.69) is 54.8 Å². The van der Waals surface area contributed by atoms with Crippen LogP contribution < -0.4 is 5.30 Å². The number of hydrogen-bond acceptors (Lipinski definition) is 0. The third kappa shape index (κ3) is 1.92. The summed E-state index contributed by atoms with van der Waals surface area (Å²) < 4.78 is 0. The maximum atomic E-state index is 3.86. The van der Waals surface area contributed by atoms with Gasteiger partial charge < -0.3 is 0 Å². The minimum absolute atomic E-state index is 1.07. The predicted molar refractivity (Wildman–Crippen MR) is 65.6 cm³/mol. The first-order valence-electron chi connectivity index (χ1n) is 4.52. The van der Waals surface area contributed by atoms with Crippen LogP contribution in [-0.4, -0.2) is 6.30 Å². The van der Waals surface area contributed by atoms with Gasteiger partial charge in [-0.15, -0.1) is 0 Å². The lowest BCUT2D eigenvalue weighted by atomic mass is 10.1. The second kappa shape index (κ2) is 4.21. The third-order valence-corrected chi connectivity index (χ3v) is 2.78. The fourth-order valence-corrected chi connectivity index (χ4v) is 1.84. The molecule has 0 fully saturated rings. The summed E-state index contributed by atoms with van der Waals surface area (Å²) in [5.74, 6) is 0. The van der Waals surface area contributed by atoms with Crippen molar-refractivity contribution < 1.29 is 0 Å². The third-order valence-electron chi connectivity index (χ3n) is 2.14. The van der Waals surface area contributed by atoms with E-state index in [1.54, 1.807) is 0 Å². The lowest BCUT2D eigenvalue weighted by Crippen LogP contribution is -1.90. The molecular formula is C13H11P. The van der Waals surface area contributed by atoms with E-state index in [1.807, 2.05) is 6.07 Å². The molecule has 0 aliphatic carbocycles. The average Bonchev–Trinajstić information content (AvgIpc) is 2.30. The maximum absolute atomic E-state index is 3.86. The highest BCUT2D eigenvalue weighted by atomic mass is 31.1. The van der Waals surface area contributed by atoms with Crippen molar-refractivity contribution in [1.82, 2.24) is 0 Å². The molecule has 1 heteroatoms. The molecule has 0 amide bonds. The van der Waals surface area contributed by atoms with Gasteiger partial charge in [-0.3, -0.25) is 0 Å². The second-order valence-electron chi connectivity index (χ2n) is 3.07. The normalized spacial score (nSPS) is 10.3. The van der Waals surface area contributed by atoms with E-state index in [0.29, 0.717) is 0 Å². The van der Waals surface area contributed by atoms with Crippen LogP contribution in [0.15, 0.2) is 54.6 Å². The standard InChI is InChI=1S/C13H11P/c1-14-13-9-5-8-12(10-13)11-6-3-2-4-7-11/h2-10H,1H2. The Morgan fingerprint density at radius 3 is 2.21 bits per heavy atom. The van der Waals surface area contributed by atoms with Gasteiger partial charge in [-0.05, 0) is 17.2 Å². The molecule has 2 rings (SSSR count). The first kappa shape index (κ1) is 9.18. The Bertz CT molecular complexity index is 432. The first-order chi connectivity index (χ1) is 6.90. The van der Waals surface area contributed by atoms with E-state index in [0.717, 1.165) is 8.20 Å². The lowest BCUT2D eigenvalue weighted by molar-refractivity contribution is 1.64. The van der Waals surface area contributed by atoms with Gasteiger partial charge in [-0.1, -0.05) is 63.0 Å². The topological polar surface area (TPSA) is 0 Å². The smallest absolute Gasteiger partial charge is 0.00182 e. The Hall–Kier alpha value is -1.39.